The molecule has 2 N–H and O–H groups in total. The predicted octanol–water partition coefficient (Wildman–Crippen LogP) is 4.53. The Kier molecular flexibility index (Phi) is 3.54. The van der Waals surface area contributed by atoms with Gasteiger partial charge < -0.3 is 5.73 Å². The lowest BCUT2D eigenvalue weighted by Gasteiger charge is -2.06. The molecule has 102 valence electrons. The molecule has 0 saturated carbocycles. The number of alkyl halides is 3. The van der Waals surface area contributed by atoms with Crippen LogP contribution in [0.1, 0.15) is 29.7 Å². The molecule has 0 aliphatic carbocycles. The number of anilines is 1. The van der Waals surface area contributed by atoms with Gasteiger partial charge in [0.15, 0.2) is 0 Å². The zero-order valence-corrected chi connectivity index (χ0v) is 11.3. The molecule has 2 rings (SSSR count). The lowest BCUT2D eigenvalue weighted by molar-refractivity contribution is -0.134. The standard InChI is InChI=1S/C13H13F3N2S/c1-7(2)12-18-10(11(19-12)13(14,15)16)8-3-5-9(17)6-4-8/h3-7H,17H2,1-2H3. The maximum atomic E-state index is 13.0. The van der Waals surface area contributed by atoms with E-state index in [4.69, 9.17) is 5.73 Å². The van der Waals surface area contributed by atoms with Crippen molar-refractivity contribution in [1.29, 1.82) is 0 Å². The number of thiazole rings is 1. The number of hydrogen-bond acceptors (Lipinski definition) is 3. The van der Waals surface area contributed by atoms with Gasteiger partial charge in [0, 0.05) is 17.2 Å². The van der Waals surface area contributed by atoms with Crippen molar-refractivity contribution in [3.63, 3.8) is 0 Å². The number of nitrogens with zero attached hydrogens (tertiary/aromatic N) is 1. The van der Waals surface area contributed by atoms with Gasteiger partial charge in [0.1, 0.15) is 4.88 Å². The summed E-state index contributed by atoms with van der Waals surface area (Å²) in [5.41, 5.74) is 6.47. The van der Waals surface area contributed by atoms with Crippen molar-refractivity contribution < 1.29 is 13.2 Å². The first-order chi connectivity index (χ1) is 8.79. The second kappa shape index (κ2) is 4.85. The molecule has 0 saturated heterocycles. The van der Waals surface area contributed by atoms with Crippen LogP contribution in [0.4, 0.5) is 18.9 Å². The summed E-state index contributed by atoms with van der Waals surface area (Å²) < 4.78 is 39.1. The number of nitrogen functional groups attached to an aromatic ring is 1. The molecule has 0 unspecified atom stereocenters. The summed E-state index contributed by atoms with van der Waals surface area (Å²) in [6, 6.07) is 6.27. The van der Waals surface area contributed by atoms with Gasteiger partial charge >= 0.3 is 6.18 Å². The Balaban J connectivity index is 2.57. The molecule has 0 aliphatic heterocycles. The zero-order chi connectivity index (χ0) is 14.2. The molecule has 0 aliphatic rings. The molecule has 0 spiro atoms. The van der Waals surface area contributed by atoms with Crippen molar-refractivity contribution in [3.8, 4) is 11.3 Å². The first-order valence-electron chi connectivity index (χ1n) is 5.73. The Labute approximate surface area is 113 Å². The highest BCUT2D eigenvalue weighted by Crippen LogP contribution is 2.42. The molecule has 0 fully saturated rings. The van der Waals surface area contributed by atoms with Crippen LogP contribution in [0, 0.1) is 0 Å². The Bertz CT molecular complexity index is 571. The smallest absolute Gasteiger partial charge is 0.399 e. The Morgan fingerprint density at radius 1 is 1.16 bits per heavy atom. The molecule has 0 bridgehead atoms. The molecule has 19 heavy (non-hydrogen) atoms. The summed E-state index contributed by atoms with van der Waals surface area (Å²) in [4.78, 5) is 3.48. The third kappa shape index (κ3) is 2.89. The van der Waals surface area contributed by atoms with Crippen LogP contribution in [0.2, 0.25) is 0 Å². The van der Waals surface area contributed by atoms with E-state index in [9.17, 15) is 13.2 Å². The van der Waals surface area contributed by atoms with Gasteiger partial charge in [-0.25, -0.2) is 4.98 Å². The van der Waals surface area contributed by atoms with Crippen molar-refractivity contribution in [2.45, 2.75) is 25.9 Å². The van der Waals surface area contributed by atoms with Gasteiger partial charge in [0.05, 0.1) is 10.7 Å². The van der Waals surface area contributed by atoms with E-state index < -0.39 is 11.1 Å². The van der Waals surface area contributed by atoms with Crippen molar-refractivity contribution in [1.82, 2.24) is 4.98 Å². The predicted molar refractivity (Wildman–Crippen MR) is 71.1 cm³/mol. The lowest BCUT2D eigenvalue weighted by Crippen LogP contribution is -2.03. The van der Waals surface area contributed by atoms with Gasteiger partial charge in [-0.05, 0) is 12.1 Å². The first kappa shape index (κ1) is 13.9. The number of halogens is 3. The molecular weight excluding hydrogens is 273 g/mol. The van der Waals surface area contributed by atoms with E-state index in [2.05, 4.69) is 4.98 Å². The topological polar surface area (TPSA) is 38.9 Å². The fourth-order valence-electron chi connectivity index (χ4n) is 1.61. The highest BCUT2D eigenvalue weighted by atomic mass is 32.1. The zero-order valence-electron chi connectivity index (χ0n) is 10.5. The van der Waals surface area contributed by atoms with Crippen LogP contribution >= 0.6 is 11.3 Å². The van der Waals surface area contributed by atoms with Gasteiger partial charge in [0.2, 0.25) is 0 Å². The van der Waals surface area contributed by atoms with E-state index in [0.29, 0.717) is 27.6 Å². The molecule has 0 radical (unpaired) electrons. The lowest BCUT2D eigenvalue weighted by atomic mass is 10.1. The van der Waals surface area contributed by atoms with Gasteiger partial charge in [-0.2, -0.15) is 13.2 Å². The average Bonchev–Trinajstić information content (AvgIpc) is 2.74. The second-order valence-electron chi connectivity index (χ2n) is 4.50. The van der Waals surface area contributed by atoms with Crippen LogP contribution in [-0.4, -0.2) is 4.98 Å². The Hall–Kier alpha value is -1.56. The van der Waals surface area contributed by atoms with Crippen molar-refractivity contribution in [3.05, 3.63) is 34.2 Å². The van der Waals surface area contributed by atoms with E-state index in [1.54, 1.807) is 24.3 Å². The van der Waals surface area contributed by atoms with Crippen LogP contribution in [-0.2, 0) is 6.18 Å². The minimum Gasteiger partial charge on any atom is -0.399 e. The Morgan fingerprint density at radius 3 is 2.21 bits per heavy atom. The molecule has 1 aromatic carbocycles. The number of nitrogens with two attached hydrogens (primary N) is 1. The molecule has 2 nitrogen and oxygen atoms in total. The minimum atomic E-state index is -4.39. The van der Waals surface area contributed by atoms with E-state index in [1.807, 2.05) is 13.8 Å². The quantitative estimate of drug-likeness (QED) is 0.823. The summed E-state index contributed by atoms with van der Waals surface area (Å²) in [6.45, 7) is 3.65. The van der Waals surface area contributed by atoms with Crippen LogP contribution < -0.4 is 5.73 Å². The number of rotatable bonds is 2. The number of aromatic nitrogens is 1. The second-order valence-corrected chi connectivity index (χ2v) is 5.53. The average molecular weight is 286 g/mol. The van der Waals surface area contributed by atoms with Gasteiger partial charge in [-0.1, -0.05) is 26.0 Å². The summed E-state index contributed by atoms with van der Waals surface area (Å²) in [7, 11) is 0. The van der Waals surface area contributed by atoms with Crippen molar-refractivity contribution in [2.24, 2.45) is 0 Å². The molecule has 0 atom stereocenters. The molecule has 2 aromatic rings. The van der Waals surface area contributed by atoms with Crippen LogP contribution in [0.15, 0.2) is 24.3 Å². The monoisotopic (exact) mass is 286 g/mol. The number of benzene rings is 1. The summed E-state index contributed by atoms with van der Waals surface area (Å²) in [6.07, 6.45) is -4.39. The highest BCUT2D eigenvalue weighted by molar-refractivity contribution is 7.12. The van der Waals surface area contributed by atoms with Gasteiger partial charge in [-0.3, -0.25) is 0 Å². The van der Waals surface area contributed by atoms with E-state index in [-0.39, 0.29) is 11.6 Å². The molecule has 1 heterocycles. The summed E-state index contributed by atoms with van der Waals surface area (Å²) in [5, 5.41) is 0.485. The maximum Gasteiger partial charge on any atom is 0.427 e. The fourth-order valence-corrected chi connectivity index (χ4v) is 2.57. The largest absolute Gasteiger partial charge is 0.427 e. The Morgan fingerprint density at radius 2 is 1.74 bits per heavy atom. The normalized spacial score (nSPS) is 12.1. The third-order valence-corrected chi connectivity index (χ3v) is 3.98. The maximum absolute atomic E-state index is 13.0. The first-order valence-corrected chi connectivity index (χ1v) is 6.54. The minimum absolute atomic E-state index is 0.0128. The van der Waals surface area contributed by atoms with Crippen LogP contribution in [0.25, 0.3) is 11.3 Å². The molecule has 1 aromatic heterocycles. The van der Waals surface area contributed by atoms with Gasteiger partial charge in [0.25, 0.3) is 0 Å². The van der Waals surface area contributed by atoms with Crippen molar-refractivity contribution >= 4 is 17.0 Å². The van der Waals surface area contributed by atoms with E-state index in [1.165, 1.54) is 0 Å². The summed E-state index contributed by atoms with van der Waals surface area (Å²) >= 11 is 0.706. The van der Waals surface area contributed by atoms with E-state index in [0.717, 1.165) is 0 Å². The molecule has 0 amide bonds. The number of hydrogen-bond donors (Lipinski definition) is 1. The van der Waals surface area contributed by atoms with E-state index >= 15 is 0 Å². The van der Waals surface area contributed by atoms with Crippen molar-refractivity contribution in [2.75, 3.05) is 5.73 Å². The highest BCUT2D eigenvalue weighted by Gasteiger charge is 2.37. The fraction of sp³-hybridized carbons (Fsp3) is 0.308. The van der Waals surface area contributed by atoms with Crippen LogP contribution in [0.5, 0.6) is 0 Å². The molecular formula is C13H13F3N2S. The van der Waals surface area contributed by atoms with Crippen LogP contribution in [0.3, 0.4) is 0 Å². The third-order valence-electron chi connectivity index (χ3n) is 2.58. The van der Waals surface area contributed by atoms with Gasteiger partial charge in [-0.15, -0.1) is 11.3 Å². The molecule has 6 heteroatoms. The summed E-state index contributed by atoms with van der Waals surface area (Å²) in [5.74, 6) is -0.0337. The SMILES string of the molecule is CC(C)c1nc(-c2ccc(N)cc2)c(C(F)(F)F)s1.